The summed E-state index contributed by atoms with van der Waals surface area (Å²) in [5, 5.41) is 3.21. The molecular formula is C15H24N4O3S. The van der Waals surface area contributed by atoms with Crippen LogP contribution in [-0.4, -0.2) is 59.6 Å². The van der Waals surface area contributed by atoms with Gasteiger partial charge < -0.3 is 9.64 Å². The summed E-state index contributed by atoms with van der Waals surface area (Å²) >= 11 is 1.45. The molecule has 1 aromatic rings. The first kappa shape index (κ1) is 17.7. The minimum absolute atomic E-state index is 0.160. The fourth-order valence-corrected chi connectivity index (χ4v) is 3.60. The number of nitrogens with zero attached hydrogens (tertiary/aromatic N) is 3. The quantitative estimate of drug-likeness (QED) is 0.856. The zero-order valence-corrected chi connectivity index (χ0v) is 14.7. The Morgan fingerprint density at radius 2 is 2.09 bits per heavy atom. The summed E-state index contributed by atoms with van der Waals surface area (Å²) in [4.78, 5) is 33.2. The number of hydrogen-bond donors (Lipinski definition) is 1. The first-order chi connectivity index (χ1) is 11.1. The average Bonchev–Trinajstić information content (AvgIpc) is 2.90. The molecule has 23 heavy (non-hydrogen) atoms. The lowest BCUT2D eigenvalue weighted by Crippen LogP contribution is -2.41. The second-order valence-corrected chi connectivity index (χ2v) is 6.34. The molecule has 0 spiro atoms. The van der Waals surface area contributed by atoms with E-state index in [1.54, 1.807) is 6.92 Å². The standard InChI is InChI=1S/C15H24N4O3S/c1-4-19(5-2)13(20)10-18-8-7-11-12(9-18)23-14(16-11)17-15(21)22-6-3/h4-10H2,1-3H3,(H,16,17,21). The Labute approximate surface area is 140 Å². The van der Waals surface area contributed by atoms with Gasteiger partial charge in [-0.3, -0.25) is 15.0 Å². The molecule has 2 rings (SSSR count). The highest BCUT2D eigenvalue weighted by molar-refractivity contribution is 7.15. The van der Waals surface area contributed by atoms with Gasteiger partial charge in [-0.05, 0) is 20.8 Å². The first-order valence-electron chi connectivity index (χ1n) is 7.99. The third kappa shape index (κ3) is 4.65. The van der Waals surface area contributed by atoms with Crippen LogP contribution in [0.25, 0.3) is 0 Å². The van der Waals surface area contributed by atoms with Crippen molar-refractivity contribution in [1.82, 2.24) is 14.8 Å². The SMILES string of the molecule is CCOC(=O)Nc1nc2c(s1)CN(CC(=O)N(CC)CC)CC2. The second-order valence-electron chi connectivity index (χ2n) is 5.26. The van der Waals surface area contributed by atoms with E-state index >= 15 is 0 Å². The van der Waals surface area contributed by atoms with Crippen LogP contribution >= 0.6 is 11.3 Å². The Balaban J connectivity index is 1.94. The van der Waals surface area contributed by atoms with Gasteiger partial charge in [-0.2, -0.15) is 0 Å². The molecule has 0 unspecified atom stereocenters. The predicted octanol–water partition coefficient (Wildman–Crippen LogP) is 1.94. The van der Waals surface area contributed by atoms with Crippen LogP contribution in [0.4, 0.5) is 9.93 Å². The number of likely N-dealkylation sites (N-methyl/N-ethyl adjacent to an activating group) is 1. The summed E-state index contributed by atoms with van der Waals surface area (Å²) in [5.74, 6) is 0.160. The Hall–Kier alpha value is -1.67. The predicted molar refractivity (Wildman–Crippen MR) is 89.7 cm³/mol. The third-order valence-corrected chi connectivity index (χ3v) is 4.77. The number of hydrogen-bond acceptors (Lipinski definition) is 6. The van der Waals surface area contributed by atoms with Crippen molar-refractivity contribution < 1.29 is 14.3 Å². The van der Waals surface area contributed by atoms with Crippen LogP contribution in [-0.2, 0) is 22.5 Å². The van der Waals surface area contributed by atoms with E-state index in [9.17, 15) is 9.59 Å². The summed E-state index contributed by atoms with van der Waals surface area (Å²) < 4.78 is 4.86. The molecule has 128 valence electrons. The molecule has 1 aliphatic rings. The number of amides is 2. The van der Waals surface area contributed by atoms with Gasteiger partial charge in [0.2, 0.25) is 5.91 Å². The van der Waals surface area contributed by atoms with Crippen LogP contribution in [0.5, 0.6) is 0 Å². The van der Waals surface area contributed by atoms with Crippen molar-refractivity contribution in [2.75, 3.05) is 38.1 Å². The van der Waals surface area contributed by atoms with Crippen molar-refractivity contribution in [1.29, 1.82) is 0 Å². The molecule has 0 aliphatic carbocycles. The number of carbonyl (C=O) groups is 2. The van der Waals surface area contributed by atoms with E-state index < -0.39 is 6.09 Å². The molecule has 1 aromatic heterocycles. The van der Waals surface area contributed by atoms with Crippen LogP contribution in [0.1, 0.15) is 31.3 Å². The maximum Gasteiger partial charge on any atom is 0.413 e. The van der Waals surface area contributed by atoms with Crippen molar-refractivity contribution in [3.63, 3.8) is 0 Å². The van der Waals surface area contributed by atoms with Gasteiger partial charge in [0.1, 0.15) is 0 Å². The lowest BCUT2D eigenvalue weighted by Gasteiger charge is -2.28. The van der Waals surface area contributed by atoms with E-state index in [2.05, 4.69) is 15.2 Å². The zero-order chi connectivity index (χ0) is 16.8. The molecule has 2 amide bonds. The third-order valence-electron chi connectivity index (χ3n) is 3.77. The molecule has 0 saturated carbocycles. The minimum atomic E-state index is -0.479. The number of thiazole rings is 1. The largest absolute Gasteiger partial charge is 0.450 e. The van der Waals surface area contributed by atoms with Gasteiger partial charge >= 0.3 is 6.09 Å². The Kier molecular flexibility index (Phi) is 6.35. The van der Waals surface area contributed by atoms with Crippen molar-refractivity contribution in [2.45, 2.75) is 33.7 Å². The van der Waals surface area contributed by atoms with Gasteiger partial charge in [0.25, 0.3) is 0 Å². The molecule has 0 saturated heterocycles. The number of fused-ring (bicyclic) bond motifs is 1. The molecule has 0 aromatic carbocycles. The molecule has 7 nitrogen and oxygen atoms in total. The topological polar surface area (TPSA) is 74.8 Å². The van der Waals surface area contributed by atoms with Crippen LogP contribution in [0.2, 0.25) is 0 Å². The lowest BCUT2D eigenvalue weighted by atomic mass is 10.2. The van der Waals surface area contributed by atoms with E-state index in [1.165, 1.54) is 11.3 Å². The lowest BCUT2D eigenvalue weighted by molar-refractivity contribution is -0.132. The summed E-state index contributed by atoms with van der Waals surface area (Å²) in [6.07, 6.45) is 0.314. The van der Waals surface area contributed by atoms with Gasteiger partial charge in [-0.15, -0.1) is 0 Å². The highest BCUT2D eigenvalue weighted by Gasteiger charge is 2.24. The number of rotatable bonds is 6. The monoisotopic (exact) mass is 340 g/mol. The Bertz CT molecular complexity index is 557. The number of ether oxygens (including phenoxy) is 1. The van der Waals surface area contributed by atoms with E-state index in [4.69, 9.17) is 4.74 Å². The molecule has 8 heteroatoms. The number of aromatic nitrogens is 1. The molecule has 1 aliphatic heterocycles. The highest BCUT2D eigenvalue weighted by Crippen LogP contribution is 2.28. The average molecular weight is 340 g/mol. The molecule has 0 radical (unpaired) electrons. The van der Waals surface area contributed by atoms with Crippen LogP contribution in [0.3, 0.4) is 0 Å². The van der Waals surface area contributed by atoms with Crippen molar-refractivity contribution in [2.24, 2.45) is 0 Å². The van der Waals surface area contributed by atoms with Crippen molar-refractivity contribution in [3.05, 3.63) is 10.6 Å². The van der Waals surface area contributed by atoms with E-state index in [-0.39, 0.29) is 5.91 Å². The Morgan fingerprint density at radius 1 is 1.35 bits per heavy atom. The van der Waals surface area contributed by atoms with Gasteiger partial charge in [-0.1, -0.05) is 11.3 Å². The highest BCUT2D eigenvalue weighted by atomic mass is 32.1. The molecule has 1 N–H and O–H groups in total. The first-order valence-corrected chi connectivity index (χ1v) is 8.81. The molecular weight excluding hydrogens is 316 g/mol. The Morgan fingerprint density at radius 3 is 2.74 bits per heavy atom. The fraction of sp³-hybridized carbons (Fsp3) is 0.667. The minimum Gasteiger partial charge on any atom is -0.450 e. The molecule has 2 heterocycles. The van der Waals surface area contributed by atoms with Crippen molar-refractivity contribution >= 4 is 28.5 Å². The zero-order valence-electron chi connectivity index (χ0n) is 13.9. The molecule has 0 fully saturated rings. The van der Waals surface area contributed by atoms with Gasteiger partial charge in [0.15, 0.2) is 5.13 Å². The maximum atomic E-state index is 12.2. The number of nitrogens with one attached hydrogen (secondary N) is 1. The normalized spacial score (nSPS) is 14.2. The van der Waals surface area contributed by atoms with E-state index in [0.29, 0.717) is 24.8 Å². The summed E-state index contributed by atoms with van der Waals surface area (Å²) in [6.45, 7) is 9.49. The van der Waals surface area contributed by atoms with Gasteiger partial charge in [0.05, 0.1) is 18.8 Å². The summed E-state index contributed by atoms with van der Waals surface area (Å²) in [5.41, 5.74) is 1.01. The van der Waals surface area contributed by atoms with Crippen LogP contribution < -0.4 is 5.32 Å². The second kappa shape index (κ2) is 8.26. The van der Waals surface area contributed by atoms with Gasteiger partial charge in [-0.25, -0.2) is 9.78 Å². The van der Waals surface area contributed by atoms with E-state index in [1.807, 2.05) is 18.7 Å². The number of carbonyl (C=O) groups excluding carboxylic acids is 2. The van der Waals surface area contributed by atoms with E-state index in [0.717, 1.165) is 36.6 Å². The van der Waals surface area contributed by atoms with Gasteiger partial charge in [0, 0.05) is 37.5 Å². The number of anilines is 1. The fourth-order valence-electron chi connectivity index (χ4n) is 2.56. The summed E-state index contributed by atoms with van der Waals surface area (Å²) in [6, 6.07) is 0. The van der Waals surface area contributed by atoms with Crippen molar-refractivity contribution in [3.8, 4) is 0 Å². The maximum absolute atomic E-state index is 12.2. The van der Waals surface area contributed by atoms with Crippen LogP contribution in [0, 0.1) is 0 Å². The molecule has 0 atom stereocenters. The smallest absolute Gasteiger partial charge is 0.413 e. The summed E-state index contributed by atoms with van der Waals surface area (Å²) in [7, 11) is 0. The molecule has 0 bridgehead atoms. The van der Waals surface area contributed by atoms with Crippen LogP contribution in [0.15, 0.2) is 0 Å².